The molecule has 2 rings (SSSR count). The zero-order valence-corrected chi connectivity index (χ0v) is 10.9. The zero-order valence-electron chi connectivity index (χ0n) is 10.9. The fraction of sp³-hybridized carbons (Fsp3) is 0.133. The van der Waals surface area contributed by atoms with Gasteiger partial charge in [-0.15, -0.1) is 0 Å². The van der Waals surface area contributed by atoms with Gasteiger partial charge < -0.3 is 10.5 Å². The Hall–Kier alpha value is -2.43. The third kappa shape index (κ3) is 3.32. The zero-order chi connectivity index (χ0) is 14.7. The number of nitrogens with two attached hydrogens (primary N) is 1. The number of nitrogen functional groups attached to an aromatic ring is 1. The molecule has 0 fully saturated rings. The summed E-state index contributed by atoms with van der Waals surface area (Å²) in [7, 11) is 0. The van der Waals surface area contributed by atoms with Gasteiger partial charge in [-0.2, -0.15) is 0 Å². The summed E-state index contributed by atoms with van der Waals surface area (Å²) < 4.78 is 32.2. The molecule has 0 heterocycles. The smallest absolute Gasteiger partial charge is 0.165 e. The van der Waals surface area contributed by atoms with E-state index < -0.39 is 11.6 Å². The Kier molecular flexibility index (Phi) is 3.98. The Balaban J connectivity index is 2.18. The highest BCUT2D eigenvalue weighted by Gasteiger charge is 2.07. The molecule has 5 heteroatoms. The second-order valence-corrected chi connectivity index (χ2v) is 4.48. The van der Waals surface area contributed by atoms with E-state index in [-0.39, 0.29) is 23.8 Å². The second-order valence-electron chi connectivity index (χ2n) is 4.48. The molecule has 3 nitrogen and oxygen atoms in total. The lowest BCUT2D eigenvalue weighted by Crippen LogP contribution is -2.12. The predicted molar refractivity (Wildman–Crippen MR) is 72.9 cm³/mol. The summed E-state index contributed by atoms with van der Waals surface area (Å²) in [5.41, 5.74) is 6.94. The van der Waals surface area contributed by atoms with Crippen LogP contribution in [0.2, 0.25) is 0 Å². The SMILES string of the molecule is Cc1ccc(F)c(OCc2cc(F)cc(C(=N)N)c2)c1. The molecule has 0 aliphatic heterocycles. The molecule has 0 saturated carbocycles. The first-order valence-corrected chi connectivity index (χ1v) is 5.98. The van der Waals surface area contributed by atoms with Gasteiger partial charge in [-0.3, -0.25) is 5.41 Å². The van der Waals surface area contributed by atoms with Gasteiger partial charge in [0.1, 0.15) is 18.3 Å². The molecule has 20 heavy (non-hydrogen) atoms. The molecule has 0 radical (unpaired) electrons. The molecule has 0 aliphatic carbocycles. The summed E-state index contributed by atoms with van der Waals surface area (Å²) >= 11 is 0. The van der Waals surface area contributed by atoms with Crippen LogP contribution in [0.15, 0.2) is 36.4 Å². The van der Waals surface area contributed by atoms with Gasteiger partial charge in [-0.05, 0) is 48.4 Å². The molecule has 0 aromatic heterocycles. The van der Waals surface area contributed by atoms with Crippen LogP contribution in [-0.4, -0.2) is 5.84 Å². The van der Waals surface area contributed by atoms with E-state index in [0.717, 1.165) is 5.56 Å². The van der Waals surface area contributed by atoms with Gasteiger partial charge in [0.15, 0.2) is 11.6 Å². The summed E-state index contributed by atoms with van der Waals surface area (Å²) in [5.74, 6) is -1.11. The number of hydrogen-bond donors (Lipinski definition) is 2. The summed E-state index contributed by atoms with van der Waals surface area (Å²) in [6.07, 6.45) is 0. The maximum absolute atomic E-state index is 13.5. The van der Waals surface area contributed by atoms with Crippen LogP contribution in [0.1, 0.15) is 16.7 Å². The predicted octanol–water partition coefficient (Wildman–Crippen LogP) is 3.14. The minimum Gasteiger partial charge on any atom is -0.486 e. The fourth-order valence-electron chi connectivity index (χ4n) is 1.77. The number of nitrogens with one attached hydrogen (secondary N) is 1. The van der Waals surface area contributed by atoms with Crippen LogP contribution in [0.4, 0.5) is 8.78 Å². The van der Waals surface area contributed by atoms with E-state index in [1.54, 1.807) is 18.2 Å². The average Bonchev–Trinajstić information content (AvgIpc) is 2.39. The number of amidine groups is 1. The lowest BCUT2D eigenvalue weighted by Gasteiger charge is -2.09. The van der Waals surface area contributed by atoms with Gasteiger partial charge in [0.25, 0.3) is 0 Å². The lowest BCUT2D eigenvalue weighted by atomic mass is 10.1. The minimum absolute atomic E-state index is 0.00157. The quantitative estimate of drug-likeness (QED) is 0.665. The Morgan fingerprint density at radius 2 is 1.95 bits per heavy atom. The Labute approximate surface area is 115 Å². The van der Waals surface area contributed by atoms with Crippen LogP contribution in [0, 0.1) is 24.0 Å². The van der Waals surface area contributed by atoms with Crippen LogP contribution in [0.3, 0.4) is 0 Å². The molecule has 2 aromatic rings. The Morgan fingerprint density at radius 1 is 1.20 bits per heavy atom. The number of halogens is 2. The molecular formula is C15H14F2N2O. The van der Waals surface area contributed by atoms with Crippen LogP contribution in [0.25, 0.3) is 0 Å². The first-order chi connectivity index (χ1) is 9.45. The highest BCUT2D eigenvalue weighted by atomic mass is 19.1. The molecule has 0 aliphatic rings. The number of ether oxygens (including phenoxy) is 1. The van der Waals surface area contributed by atoms with Crippen molar-refractivity contribution < 1.29 is 13.5 Å². The monoisotopic (exact) mass is 276 g/mol. The van der Waals surface area contributed by atoms with Gasteiger partial charge in [0.2, 0.25) is 0 Å². The molecule has 0 amide bonds. The third-order valence-corrected chi connectivity index (χ3v) is 2.75. The van der Waals surface area contributed by atoms with Crippen molar-refractivity contribution in [1.29, 1.82) is 5.41 Å². The average molecular weight is 276 g/mol. The van der Waals surface area contributed by atoms with Crippen LogP contribution in [-0.2, 0) is 6.61 Å². The van der Waals surface area contributed by atoms with Gasteiger partial charge in [-0.1, -0.05) is 6.07 Å². The molecule has 0 bridgehead atoms. The third-order valence-electron chi connectivity index (χ3n) is 2.75. The number of aryl methyl sites for hydroxylation is 1. The van der Waals surface area contributed by atoms with Crippen molar-refractivity contribution in [3.05, 3.63) is 64.7 Å². The Morgan fingerprint density at radius 3 is 2.65 bits per heavy atom. The molecule has 2 aromatic carbocycles. The first-order valence-electron chi connectivity index (χ1n) is 5.98. The summed E-state index contributed by atoms with van der Waals surface area (Å²) in [6.45, 7) is 1.82. The van der Waals surface area contributed by atoms with E-state index in [2.05, 4.69) is 0 Å². The van der Waals surface area contributed by atoms with Crippen molar-refractivity contribution in [1.82, 2.24) is 0 Å². The standard InChI is InChI=1S/C15H14F2N2O/c1-9-2-3-13(17)14(4-9)20-8-10-5-11(15(18)19)7-12(16)6-10/h2-7H,8H2,1H3,(H3,18,19). The van der Waals surface area contributed by atoms with Crippen molar-refractivity contribution in [2.45, 2.75) is 13.5 Å². The molecule has 0 unspecified atom stereocenters. The number of hydrogen-bond acceptors (Lipinski definition) is 2. The second kappa shape index (κ2) is 5.69. The summed E-state index contributed by atoms with van der Waals surface area (Å²) in [6, 6.07) is 8.49. The molecule has 0 spiro atoms. The molecule has 0 saturated heterocycles. The van der Waals surface area contributed by atoms with Crippen molar-refractivity contribution in [2.24, 2.45) is 5.73 Å². The van der Waals surface area contributed by atoms with Crippen LogP contribution < -0.4 is 10.5 Å². The van der Waals surface area contributed by atoms with Crippen molar-refractivity contribution >= 4 is 5.84 Å². The van der Waals surface area contributed by atoms with E-state index in [1.165, 1.54) is 18.2 Å². The van der Waals surface area contributed by atoms with Crippen molar-refractivity contribution in [3.8, 4) is 5.75 Å². The number of benzene rings is 2. The van der Waals surface area contributed by atoms with Crippen LogP contribution in [0.5, 0.6) is 5.75 Å². The largest absolute Gasteiger partial charge is 0.486 e. The van der Waals surface area contributed by atoms with E-state index >= 15 is 0 Å². The normalized spacial score (nSPS) is 10.3. The Bertz CT molecular complexity index is 656. The molecule has 0 atom stereocenters. The van der Waals surface area contributed by atoms with Crippen molar-refractivity contribution in [3.63, 3.8) is 0 Å². The summed E-state index contributed by atoms with van der Waals surface area (Å²) in [5, 5.41) is 7.30. The van der Waals surface area contributed by atoms with Gasteiger partial charge in [-0.25, -0.2) is 8.78 Å². The lowest BCUT2D eigenvalue weighted by molar-refractivity contribution is 0.289. The fourth-order valence-corrected chi connectivity index (χ4v) is 1.77. The van der Waals surface area contributed by atoms with E-state index in [0.29, 0.717) is 5.56 Å². The van der Waals surface area contributed by atoms with Crippen LogP contribution >= 0.6 is 0 Å². The molecular weight excluding hydrogens is 262 g/mol. The van der Waals surface area contributed by atoms with Gasteiger partial charge in [0, 0.05) is 5.56 Å². The van der Waals surface area contributed by atoms with E-state index in [1.807, 2.05) is 6.92 Å². The highest BCUT2D eigenvalue weighted by Crippen LogP contribution is 2.20. The van der Waals surface area contributed by atoms with E-state index in [4.69, 9.17) is 15.9 Å². The minimum atomic E-state index is -0.513. The maximum Gasteiger partial charge on any atom is 0.165 e. The van der Waals surface area contributed by atoms with Gasteiger partial charge in [0.05, 0.1) is 0 Å². The topological polar surface area (TPSA) is 59.1 Å². The highest BCUT2D eigenvalue weighted by molar-refractivity contribution is 5.95. The van der Waals surface area contributed by atoms with Gasteiger partial charge >= 0.3 is 0 Å². The summed E-state index contributed by atoms with van der Waals surface area (Å²) in [4.78, 5) is 0. The van der Waals surface area contributed by atoms with E-state index in [9.17, 15) is 8.78 Å². The number of rotatable bonds is 4. The molecule has 104 valence electrons. The maximum atomic E-state index is 13.5. The first kappa shape index (κ1) is 14.0. The van der Waals surface area contributed by atoms with Crippen molar-refractivity contribution in [2.75, 3.05) is 0 Å². The molecule has 3 N–H and O–H groups in total.